The van der Waals surface area contributed by atoms with Gasteiger partial charge < -0.3 is 20.1 Å². The van der Waals surface area contributed by atoms with Gasteiger partial charge in [-0.1, -0.05) is 13.0 Å². The van der Waals surface area contributed by atoms with Crippen molar-refractivity contribution < 1.29 is 9.47 Å². The van der Waals surface area contributed by atoms with E-state index in [1.54, 1.807) is 7.11 Å². The standard InChI is InChI=1S/C18H31N3O2/c1-5-20-8-10-21(11-9-20)16(13-19)15-6-7-17(22-4)18(12-15)23-14(2)3/h6-7,12,14,16H,5,8-11,13,19H2,1-4H3. The molecule has 5 nitrogen and oxygen atoms in total. The Labute approximate surface area is 140 Å². The van der Waals surface area contributed by atoms with Gasteiger partial charge in [-0.15, -0.1) is 0 Å². The molecule has 0 spiro atoms. The molecule has 0 bridgehead atoms. The van der Waals surface area contributed by atoms with E-state index in [1.807, 2.05) is 19.9 Å². The number of hydrogen-bond donors (Lipinski definition) is 1. The topological polar surface area (TPSA) is 51.0 Å². The lowest BCUT2D eigenvalue weighted by Gasteiger charge is -2.38. The van der Waals surface area contributed by atoms with Gasteiger partial charge in [0.2, 0.25) is 0 Å². The highest BCUT2D eigenvalue weighted by atomic mass is 16.5. The fourth-order valence-electron chi connectivity index (χ4n) is 3.13. The summed E-state index contributed by atoms with van der Waals surface area (Å²) in [6, 6.07) is 6.41. The Balaban J connectivity index is 2.17. The maximum absolute atomic E-state index is 6.10. The van der Waals surface area contributed by atoms with Crippen molar-refractivity contribution in [3.63, 3.8) is 0 Å². The zero-order chi connectivity index (χ0) is 16.8. The van der Waals surface area contributed by atoms with E-state index in [1.165, 1.54) is 5.56 Å². The first-order valence-electron chi connectivity index (χ1n) is 8.60. The van der Waals surface area contributed by atoms with Crippen molar-refractivity contribution in [1.82, 2.24) is 9.80 Å². The van der Waals surface area contributed by atoms with Gasteiger partial charge in [0.25, 0.3) is 0 Å². The third-order valence-electron chi connectivity index (χ3n) is 4.45. The molecule has 2 rings (SSSR count). The molecule has 1 atom stereocenters. The van der Waals surface area contributed by atoms with Crippen LogP contribution in [0.25, 0.3) is 0 Å². The second-order valence-corrected chi connectivity index (χ2v) is 6.30. The van der Waals surface area contributed by atoms with Crippen molar-refractivity contribution in [2.45, 2.75) is 32.9 Å². The molecule has 1 unspecified atom stereocenters. The lowest BCUT2D eigenvalue weighted by molar-refractivity contribution is 0.102. The molecule has 130 valence electrons. The summed E-state index contributed by atoms with van der Waals surface area (Å²) in [6.07, 6.45) is 0.114. The molecule has 0 aromatic heterocycles. The van der Waals surface area contributed by atoms with Crippen molar-refractivity contribution in [3.8, 4) is 11.5 Å². The van der Waals surface area contributed by atoms with Gasteiger partial charge in [0, 0.05) is 38.8 Å². The number of nitrogens with two attached hydrogens (primary N) is 1. The first-order chi connectivity index (χ1) is 11.1. The molecular formula is C18H31N3O2. The molecule has 5 heteroatoms. The van der Waals surface area contributed by atoms with Crippen molar-refractivity contribution in [3.05, 3.63) is 23.8 Å². The van der Waals surface area contributed by atoms with Gasteiger partial charge in [0.15, 0.2) is 11.5 Å². The maximum atomic E-state index is 6.10. The highest BCUT2D eigenvalue weighted by molar-refractivity contribution is 5.44. The van der Waals surface area contributed by atoms with E-state index in [2.05, 4.69) is 28.9 Å². The van der Waals surface area contributed by atoms with Crippen molar-refractivity contribution >= 4 is 0 Å². The summed E-state index contributed by atoms with van der Waals surface area (Å²) in [5.41, 5.74) is 7.30. The number of hydrogen-bond acceptors (Lipinski definition) is 5. The second-order valence-electron chi connectivity index (χ2n) is 6.30. The van der Waals surface area contributed by atoms with E-state index in [0.717, 1.165) is 44.2 Å². The normalized spacial score (nSPS) is 18.2. The lowest BCUT2D eigenvalue weighted by atomic mass is 10.0. The van der Waals surface area contributed by atoms with E-state index in [4.69, 9.17) is 15.2 Å². The van der Waals surface area contributed by atoms with Crippen molar-refractivity contribution in [2.75, 3.05) is 46.4 Å². The lowest BCUT2D eigenvalue weighted by Crippen LogP contribution is -2.48. The Morgan fingerprint density at radius 2 is 1.83 bits per heavy atom. The monoisotopic (exact) mass is 321 g/mol. The quantitative estimate of drug-likeness (QED) is 0.834. The smallest absolute Gasteiger partial charge is 0.161 e. The average molecular weight is 321 g/mol. The molecule has 1 saturated heterocycles. The molecule has 1 heterocycles. The molecule has 0 saturated carbocycles. The Morgan fingerprint density at radius 3 is 2.35 bits per heavy atom. The van der Waals surface area contributed by atoms with Crippen LogP contribution < -0.4 is 15.2 Å². The minimum absolute atomic E-state index is 0.114. The summed E-state index contributed by atoms with van der Waals surface area (Å²) in [5.74, 6) is 1.57. The number of ether oxygens (including phenoxy) is 2. The van der Waals surface area contributed by atoms with Gasteiger partial charge in [-0.2, -0.15) is 0 Å². The molecule has 0 aliphatic carbocycles. The predicted molar refractivity (Wildman–Crippen MR) is 94.2 cm³/mol. The number of nitrogens with zero attached hydrogens (tertiary/aromatic N) is 2. The van der Waals surface area contributed by atoms with Crippen LogP contribution in [0, 0.1) is 0 Å². The Kier molecular flexibility index (Phi) is 6.69. The molecule has 1 aliphatic rings. The van der Waals surface area contributed by atoms with Gasteiger partial charge in [-0.3, -0.25) is 4.90 Å². The van der Waals surface area contributed by atoms with Crippen LogP contribution in [0.1, 0.15) is 32.4 Å². The summed E-state index contributed by atoms with van der Waals surface area (Å²) >= 11 is 0. The molecule has 2 N–H and O–H groups in total. The minimum Gasteiger partial charge on any atom is -0.493 e. The molecule has 0 amide bonds. The van der Waals surface area contributed by atoms with Crippen LogP contribution in [0.5, 0.6) is 11.5 Å². The van der Waals surface area contributed by atoms with Gasteiger partial charge in [0.05, 0.1) is 13.2 Å². The number of piperazine rings is 1. The van der Waals surface area contributed by atoms with Gasteiger partial charge in [-0.25, -0.2) is 0 Å². The highest BCUT2D eigenvalue weighted by Gasteiger charge is 2.24. The zero-order valence-corrected chi connectivity index (χ0v) is 14.9. The van der Waals surface area contributed by atoms with E-state index < -0.39 is 0 Å². The minimum atomic E-state index is 0.114. The van der Waals surface area contributed by atoms with Crippen LogP contribution in [0.2, 0.25) is 0 Å². The molecule has 23 heavy (non-hydrogen) atoms. The van der Waals surface area contributed by atoms with Crippen LogP contribution in [0.15, 0.2) is 18.2 Å². The van der Waals surface area contributed by atoms with Crippen molar-refractivity contribution in [2.24, 2.45) is 5.73 Å². The molecule has 1 fully saturated rings. The van der Waals surface area contributed by atoms with Crippen LogP contribution in [-0.2, 0) is 0 Å². The van der Waals surface area contributed by atoms with E-state index in [9.17, 15) is 0 Å². The first-order valence-corrected chi connectivity index (χ1v) is 8.60. The van der Waals surface area contributed by atoms with Crippen LogP contribution >= 0.6 is 0 Å². The largest absolute Gasteiger partial charge is 0.493 e. The van der Waals surface area contributed by atoms with Crippen LogP contribution in [0.4, 0.5) is 0 Å². The predicted octanol–water partition coefficient (Wildman–Crippen LogP) is 2.12. The number of rotatable bonds is 7. The Morgan fingerprint density at radius 1 is 1.13 bits per heavy atom. The summed E-state index contributed by atoms with van der Waals surface area (Å²) in [6.45, 7) is 12.3. The summed E-state index contributed by atoms with van der Waals surface area (Å²) < 4.78 is 11.3. The number of benzene rings is 1. The third-order valence-corrected chi connectivity index (χ3v) is 4.45. The average Bonchev–Trinajstić information content (AvgIpc) is 2.56. The van der Waals surface area contributed by atoms with Crippen LogP contribution in [0.3, 0.4) is 0 Å². The molecule has 1 aromatic carbocycles. The molecule has 1 aromatic rings. The maximum Gasteiger partial charge on any atom is 0.161 e. The molecule has 1 aliphatic heterocycles. The SMILES string of the molecule is CCN1CCN(C(CN)c2ccc(OC)c(OC(C)C)c2)CC1. The van der Waals surface area contributed by atoms with E-state index in [-0.39, 0.29) is 12.1 Å². The molecular weight excluding hydrogens is 290 g/mol. The van der Waals surface area contributed by atoms with Crippen LogP contribution in [-0.4, -0.2) is 62.3 Å². The summed E-state index contributed by atoms with van der Waals surface area (Å²) in [5, 5.41) is 0. The zero-order valence-electron chi connectivity index (χ0n) is 14.9. The molecule has 0 radical (unpaired) electrons. The van der Waals surface area contributed by atoms with Crippen molar-refractivity contribution in [1.29, 1.82) is 0 Å². The fraction of sp³-hybridized carbons (Fsp3) is 0.667. The highest BCUT2D eigenvalue weighted by Crippen LogP contribution is 2.33. The Hall–Kier alpha value is -1.30. The van der Waals surface area contributed by atoms with Gasteiger partial charge in [0.1, 0.15) is 0 Å². The van der Waals surface area contributed by atoms with E-state index >= 15 is 0 Å². The van der Waals surface area contributed by atoms with Gasteiger partial charge in [-0.05, 0) is 38.1 Å². The second kappa shape index (κ2) is 8.52. The summed E-state index contributed by atoms with van der Waals surface area (Å²) in [4.78, 5) is 4.96. The van der Waals surface area contributed by atoms with Gasteiger partial charge >= 0.3 is 0 Å². The first kappa shape index (κ1) is 18.0. The summed E-state index contributed by atoms with van der Waals surface area (Å²) in [7, 11) is 1.67. The Bertz CT molecular complexity index is 485. The van der Waals surface area contributed by atoms with E-state index in [0.29, 0.717) is 6.54 Å². The number of methoxy groups -OCH3 is 1. The third kappa shape index (κ3) is 4.59. The fourth-order valence-corrected chi connectivity index (χ4v) is 3.13. The number of likely N-dealkylation sites (N-methyl/N-ethyl adjacent to an activating group) is 1.